The maximum atomic E-state index is 12.1. The van der Waals surface area contributed by atoms with Gasteiger partial charge < -0.3 is 11.1 Å². The Morgan fingerprint density at radius 1 is 1.06 bits per heavy atom. The predicted octanol–water partition coefficient (Wildman–Crippen LogP) is 4.05. The average molecular weight is 370 g/mol. The second-order valence-corrected chi connectivity index (χ2v) is 5.47. The van der Waals surface area contributed by atoms with Crippen LogP contribution in [-0.2, 0) is 0 Å². The summed E-state index contributed by atoms with van der Waals surface area (Å²) in [5.74, 6) is -0.198. The van der Waals surface area contributed by atoms with E-state index in [1.807, 2.05) is 24.3 Å². The zero-order valence-corrected chi connectivity index (χ0v) is 12.5. The lowest BCUT2D eigenvalue weighted by atomic mass is 10.2. The molecule has 0 aliphatic carbocycles. The van der Waals surface area contributed by atoms with Crippen LogP contribution in [0.1, 0.15) is 10.4 Å². The van der Waals surface area contributed by atoms with Crippen molar-refractivity contribution in [2.75, 3.05) is 11.1 Å². The maximum Gasteiger partial charge on any atom is 0.256 e. The molecular formula is C13H10Br2N2O. The Labute approximate surface area is 122 Å². The summed E-state index contributed by atoms with van der Waals surface area (Å²) in [4.78, 5) is 12.1. The molecule has 18 heavy (non-hydrogen) atoms. The summed E-state index contributed by atoms with van der Waals surface area (Å²) in [5, 5.41) is 2.81. The molecule has 3 N–H and O–H groups in total. The van der Waals surface area contributed by atoms with Crippen LogP contribution in [0.15, 0.2) is 51.4 Å². The summed E-state index contributed by atoms with van der Waals surface area (Å²) >= 11 is 6.67. The Morgan fingerprint density at radius 2 is 1.72 bits per heavy atom. The van der Waals surface area contributed by atoms with Gasteiger partial charge in [-0.1, -0.05) is 15.9 Å². The van der Waals surface area contributed by atoms with Crippen molar-refractivity contribution in [1.29, 1.82) is 0 Å². The highest BCUT2D eigenvalue weighted by Gasteiger charge is 2.10. The van der Waals surface area contributed by atoms with Gasteiger partial charge in [-0.2, -0.15) is 0 Å². The molecule has 0 atom stereocenters. The third-order valence-electron chi connectivity index (χ3n) is 2.34. The van der Waals surface area contributed by atoms with Crippen LogP contribution < -0.4 is 11.1 Å². The molecule has 0 radical (unpaired) electrons. The topological polar surface area (TPSA) is 55.1 Å². The lowest BCUT2D eigenvalue weighted by Gasteiger charge is -2.07. The van der Waals surface area contributed by atoms with Crippen LogP contribution in [0.25, 0.3) is 0 Å². The van der Waals surface area contributed by atoms with E-state index >= 15 is 0 Å². The van der Waals surface area contributed by atoms with Crippen LogP contribution in [0, 0.1) is 0 Å². The van der Waals surface area contributed by atoms with Gasteiger partial charge in [0.1, 0.15) is 0 Å². The van der Waals surface area contributed by atoms with E-state index in [9.17, 15) is 4.79 Å². The second-order valence-electron chi connectivity index (χ2n) is 3.70. The fourth-order valence-electron chi connectivity index (χ4n) is 1.45. The minimum Gasteiger partial charge on any atom is -0.399 e. The first kappa shape index (κ1) is 13.1. The molecule has 0 aromatic heterocycles. The Kier molecular flexibility index (Phi) is 4.04. The predicted molar refractivity (Wildman–Crippen MR) is 80.6 cm³/mol. The standard InChI is InChI=1S/C13H10Br2N2O/c14-8-1-4-10(5-2-8)17-13(18)11-7-9(16)3-6-12(11)15/h1-7H,16H2,(H,17,18). The Balaban J connectivity index is 2.21. The van der Waals surface area contributed by atoms with Crippen LogP contribution in [-0.4, -0.2) is 5.91 Å². The number of anilines is 2. The van der Waals surface area contributed by atoms with Crippen molar-refractivity contribution in [3.8, 4) is 0 Å². The minimum absolute atomic E-state index is 0.198. The van der Waals surface area contributed by atoms with E-state index in [-0.39, 0.29) is 5.91 Å². The highest BCUT2D eigenvalue weighted by molar-refractivity contribution is 9.10. The quantitative estimate of drug-likeness (QED) is 0.784. The number of halogens is 2. The normalized spacial score (nSPS) is 10.1. The van der Waals surface area contributed by atoms with Crippen LogP contribution >= 0.6 is 31.9 Å². The molecule has 92 valence electrons. The number of hydrogen-bond donors (Lipinski definition) is 2. The summed E-state index contributed by atoms with van der Waals surface area (Å²) in [6.45, 7) is 0. The van der Waals surface area contributed by atoms with Crippen LogP contribution in [0.2, 0.25) is 0 Å². The third kappa shape index (κ3) is 3.11. The van der Waals surface area contributed by atoms with E-state index in [0.717, 1.165) is 10.2 Å². The number of carbonyl (C=O) groups is 1. The van der Waals surface area contributed by atoms with Crippen molar-refractivity contribution in [3.63, 3.8) is 0 Å². The molecule has 0 saturated heterocycles. The van der Waals surface area contributed by atoms with Gasteiger partial charge >= 0.3 is 0 Å². The zero-order chi connectivity index (χ0) is 13.1. The molecule has 0 spiro atoms. The summed E-state index contributed by atoms with van der Waals surface area (Å²) in [6.07, 6.45) is 0. The lowest BCUT2D eigenvalue weighted by Crippen LogP contribution is -2.12. The van der Waals surface area contributed by atoms with Crippen molar-refractivity contribution in [1.82, 2.24) is 0 Å². The van der Waals surface area contributed by atoms with E-state index < -0.39 is 0 Å². The Bertz CT molecular complexity index is 582. The van der Waals surface area contributed by atoms with Crippen molar-refractivity contribution in [2.24, 2.45) is 0 Å². The van der Waals surface area contributed by atoms with Gasteiger partial charge in [0.15, 0.2) is 0 Å². The van der Waals surface area contributed by atoms with E-state index in [0.29, 0.717) is 15.7 Å². The van der Waals surface area contributed by atoms with Crippen molar-refractivity contribution in [2.45, 2.75) is 0 Å². The van der Waals surface area contributed by atoms with Gasteiger partial charge in [-0.3, -0.25) is 4.79 Å². The number of amides is 1. The number of rotatable bonds is 2. The van der Waals surface area contributed by atoms with E-state index in [1.54, 1.807) is 18.2 Å². The molecule has 0 aliphatic heterocycles. The van der Waals surface area contributed by atoms with Gasteiger partial charge in [-0.15, -0.1) is 0 Å². The zero-order valence-electron chi connectivity index (χ0n) is 9.28. The molecule has 5 heteroatoms. The third-order valence-corrected chi connectivity index (χ3v) is 3.56. The molecule has 3 nitrogen and oxygen atoms in total. The molecule has 2 rings (SSSR count). The first-order valence-electron chi connectivity index (χ1n) is 5.18. The average Bonchev–Trinajstić information content (AvgIpc) is 2.35. The summed E-state index contributed by atoms with van der Waals surface area (Å²) in [7, 11) is 0. The molecule has 2 aromatic carbocycles. The molecule has 0 heterocycles. The highest BCUT2D eigenvalue weighted by Crippen LogP contribution is 2.21. The summed E-state index contributed by atoms with van der Waals surface area (Å²) in [5.41, 5.74) is 7.47. The van der Waals surface area contributed by atoms with Crippen molar-refractivity contribution >= 4 is 49.1 Å². The van der Waals surface area contributed by atoms with E-state index in [1.165, 1.54) is 0 Å². The number of nitrogens with one attached hydrogen (secondary N) is 1. The highest BCUT2D eigenvalue weighted by atomic mass is 79.9. The number of hydrogen-bond acceptors (Lipinski definition) is 2. The van der Waals surface area contributed by atoms with Gasteiger partial charge in [-0.25, -0.2) is 0 Å². The fraction of sp³-hybridized carbons (Fsp3) is 0. The maximum absolute atomic E-state index is 12.1. The van der Waals surface area contributed by atoms with Gasteiger partial charge in [0.25, 0.3) is 5.91 Å². The molecular weight excluding hydrogens is 360 g/mol. The summed E-state index contributed by atoms with van der Waals surface area (Å²) in [6, 6.07) is 12.5. The van der Waals surface area contributed by atoms with Gasteiger partial charge in [-0.05, 0) is 58.4 Å². The number of carbonyl (C=O) groups excluding carboxylic acids is 1. The number of nitrogen functional groups attached to an aromatic ring is 1. The second kappa shape index (κ2) is 5.54. The molecule has 0 unspecified atom stereocenters. The van der Waals surface area contributed by atoms with Crippen molar-refractivity contribution < 1.29 is 4.79 Å². The van der Waals surface area contributed by atoms with Crippen molar-refractivity contribution in [3.05, 3.63) is 57.0 Å². The van der Waals surface area contributed by atoms with E-state index in [4.69, 9.17) is 5.73 Å². The summed E-state index contributed by atoms with van der Waals surface area (Å²) < 4.78 is 1.68. The van der Waals surface area contributed by atoms with Crippen LogP contribution in [0.4, 0.5) is 11.4 Å². The fourth-order valence-corrected chi connectivity index (χ4v) is 2.14. The first-order valence-corrected chi connectivity index (χ1v) is 6.77. The monoisotopic (exact) mass is 368 g/mol. The molecule has 1 amide bonds. The minimum atomic E-state index is -0.198. The molecule has 0 aliphatic rings. The molecule has 2 aromatic rings. The van der Waals surface area contributed by atoms with Crippen LogP contribution in [0.3, 0.4) is 0 Å². The van der Waals surface area contributed by atoms with Gasteiger partial charge in [0.2, 0.25) is 0 Å². The first-order chi connectivity index (χ1) is 8.56. The Hall–Kier alpha value is -1.33. The SMILES string of the molecule is Nc1ccc(Br)c(C(=O)Nc2ccc(Br)cc2)c1. The number of benzene rings is 2. The molecule has 0 saturated carbocycles. The lowest BCUT2D eigenvalue weighted by molar-refractivity contribution is 0.102. The largest absolute Gasteiger partial charge is 0.399 e. The van der Waals surface area contributed by atoms with Crippen LogP contribution in [0.5, 0.6) is 0 Å². The van der Waals surface area contributed by atoms with Gasteiger partial charge in [0.05, 0.1) is 5.56 Å². The smallest absolute Gasteiger partial charge is 0.256 e. The van der Waals surface area contributed by atoms with Gasteiger partial charge in [0, 0.05) is 20.3 Å². The van der Waals surface area contributed by atoms with E-state index in [2.05, 4.69) is 37.2 Å². The molecule has 0 fully saturated rings. The Morgan fingerprint density at radius 3 is 2.39 bits per heavy atom. The number of nitrogens with two attached hydrogens (primary N) is 1. The molecule has 0 bridgehead atoms.